The van der Waals surface area contributed by atoms with Crippen LogP contribution >= 0.6 is 0 Å². The largest absolute Gasteiger partial charge is 0.337 e. The molecular weight excluding hydrogens is 268 g/mol. The number of sulfonamides is 1. The molecule has 0 radical (unpaired) electrons. The maximum Gasteiger partial charge on any atom is 0.275 e. The zero-order valence-corrected chi connectivity index (χ0v) is 11.8. The molecule has 7 nitrogen and oxygen atoms in total. The summed E-state index contributed by atoms with van der Waals surface area (Å²) in [5.41, 5.74) is 0.185. The quantitative estimate of drug-likeness (QED) is 0.811. The van der Waals surface area contributed by atoms with Crippen LogP contribution in [0.5, 0.6) is 0 Å². The first-order chi connectivity index (χ1) is 8.80. The van der Waals surface area contributed by atoms with Crippen molar-refractivity contribution in [1.29, 1.82) is 0 Å². The fraction of sp³-hybridized carbons (Fsp3) is 0.636. The van der Waals surface area contributed by atoms with E-state index in [1.54, 1.807) is 4.90 Å². The van der Waals surface area contributed by atoms with Gasteiger partial charge in [-0.3, -0.25) is 9.89 Å². The third-order valence-electron chi connectivity index (χ3n) is 3.32. The van der Waals surface area contributed by atoms with E-state index in [0.717, 1.165) is 12.8 Å². The van der Waals surface area contributed by atoms with Gasteiger partial charge in [0, 0.05) is 13.1 Å². The lowest BCUT2D eigenvalue weighted by molar-refractivity contribution is 0.0673. The van der Waals surface area contributed by atoms with Gasteiger partial charge in [0.25, 0.3) is 5.91 Å². The van der Waals surface area contributed by atoms with E-state index < -0.39 is 10.0 Å². The standard InChI is InChI=1S/C11H18N4O3S/c1-7-4-3-5-15(6-7)11(16)9-10(19(12,17)18)8(2)13-14-9/h7H,3-6H2,1-2H3,(H,13,14)(H2,12,17,18). The third-order valence-corrected chi connectivity index (χ3v) is 4.39. The second kappa shape index (κ2) is 4.93. The Labute approximate surface area is 112 Å². The number of nitrogens with one attached hydrogen (secondary N) is 1. The van der Waals surface area contributed by atoms with Crippen molar-refractivity contribution >= 4 is 15.9 Å². The fourth-order valence-corrected chi connectivity index (χ4v) is 3.31. The summed E-state index contributed by atoms with van der Waals surface area (Å²) in [6.07, 6.45) is 1.99. The van der Waals surface area contributed by atoms with Gasteiger partial charge in [0.1, 0.15) is 4.90 Å². The van der Waals surface area contributed by atoms with Crippen LogP contribution in [0.1, 0.15) is 35.9 Å². The number of likely N-dealkylation sites (tertiary alicyclic amines) is 1. The average Bonchev–Trinajstić information content (AvgIpc) is 2.70. The Bertz CT molecular complexity index is 593. The highest BCUT2D eigenvalue weighted by molar-refractivity contribution is 7.89. The maximum atomic E-state index is 12.3. The number of nitrogens with zero attached hydrogens (tertiary/aromatic N) is 2. The molecule has 3 N–H and O–H groups in total. The number of nitrogens with two attached hydrogens (primary N) is 1. The van der Waals surface area contributed by atoms with Crippen molar-refractivity contribution < 1.29 is 13.2 Å². The summed E-state index contributed by atoms with van der Waals surface area (Å²) in [4.78, 5) is 13.8. The lowest BCUT2D eigenvalue weighted by Gasteiger charge is -2.30. The van der Waals surface area contributed by atoms with Gasteiger partial charge >= 0.3 is 0 Å². The van der Waals surface area contributed by atoms with Crippen LogP contribution in [0.15, 0.2) is 4.90 Å². The number of aryl methyl sites for hydroxylation is 1. The lowest BCUT2D eigenvalue weighted by atomic mass is 10.00. The van der Waals surface area contributed by atoms with Gasteiger partial charge in [-0.1, -0.05) is 6.92 Å². The van der Waals surface area contributed by atoms with Gasteiger partial charge in [0.2, 0.25) is 10.0 Å². The number of primary sulfonamides is 1. The maximum absolute atomic E-state index is 12.3. The highest BCUT2D eigenvalue weighted by atomic mass is 32.2. The molecule has 106 valence electrons. The molecule has 2 rings (SSSR count). The topological polar surface area (TPSA) is 109 Å². The van der Waals surface area contributed by atoms with Gasteiger partial charge in [-0.25, -0.2) is 13.6 Å². The van der Waals surface area contributed by atoms with Crippen LogP contribution < -0.4 is 5.14 Å². The molecule has 1 aliphatic rings. The molecule has 0 aliphatic carbocycles. The first-order valence-corrected chi connectivity index (χ1v) is 7.72. The second-order valence-electron chi connectivity index (χ2n) is 5.07. The summed E-state index contributed by atoms with van der Waals surface area (Å²) in [6, 6.07) is 0. The summed E-state index contributed by atoms with van der Waals surface area (Å²) >= 11 is 0. The number of carbonyl (C=O) groups excluding carboxylic acids is 1. The number of H-pyrrole nitrogens is 1. The third kappa shape index (κ3) is 2.79. The number of aromatic amines is 1. The molecule has 0 saturated carbocycles. The predicted octanol–water partition coefficient (Wildman–Crippen LogP) is 0.238. The smallest absolute Gasteiger partial charge is 0.275 e. The van der Waals surface area contributed by atoms with Gasteiger partial charge < -0.3 is 4.90 Å². The van der Waals surface area contributed by atoms with E-state index in [1.807, 2.05) is 0 Å². The summed E-state index contributed by atoms with van der Waals surface area (Å²) in [7, 11) is -3.96. The molecule has 1 aromatic heterocycles. The van der Waals surface area contributed by atoms with Crippen LogP contribution in [0.4, 0.5) is 0 Å². The minimum Gasteiger partial charge on any atom is -0.337 e. The molecule has 1 fully saturated rings. The van der Waals surface area contributed by atoms with Crippen LogP contribution in [-0.4, -0.2) is 42.5 Å². The Morgan fingerprint density at radius 3 is 2.79 bits per heavy atom. The monoisotopic (exact) mass is 286 g/mol. The lowest BCUT2D eigenvalue weighted by Crippen LogP contribution is -2.40. The molecule has 2 heterocycles. The van der Waals surface area contributed by atoms with Gasteiger partial charge in [-0.15, -0.1) is 0 Å². The van der Waals surface area contributed by atoms with E-state index in [4.69, 9.17) is 5.14 Å². The van der Waals surface area contributed by atoms with Gasteiger partial charge in [0.15, 0.2) is 5.69 Å². The number of amides is 1. The first-order valence-electron chi connectivity index (χ1n) is 6.17. The first kappa shape index (κ1) is 14.0. The van der Waals surface area contributed by atoms with Crippen molar-refractivity contribution in [2.45, 2.75) is 31.6 Å². The number of hydrogen-bond donors (Lipinski definition) is 2. The highest BCUT2D eigenvalue weighted by Crippen LogP contribution is 2.21. The molecule has 1 atom stereocenters. The molecule has 19 heavy (non-hydrogen) atoms. The molecule has 0 spiro atoms. The molecule has 1 amide bonds. The second-order valence-corrected chi connectivity index (χ2v) is 6.57. The van der Waals surface area contributed by atoms with E-state index >= 15 is 0 Å². The molecule has 1 aliphatic heterocycles. The molecule has 1 unspecified atom stereocenters. The van der Waals surface area contributed by atoms with Gasteiger partial charge in [0.05, 0.1) is 5.69 Å². The van der Waals surface area contributed by atoms with Crippen LogP contribution in [0.25, 0.3) is 0 Å². The van der Waals surface area contributed by atoms with Crippen molar-refractivity contribution in [2.75, 3.05) is 13.1 Å². The van der Waals surface area contributed by atoms with Crippen LogP contribution in [0, 0.1) is 12.8 Å². The summed E-state index contributed by atoms with van der Waals surface area (Å²) in [5, 5.41) is 11.5. The Hall–Kier alpha value is -1.41. The SMILES string of the molecule is Cc1[nH]nc(C(=O)N2CCCC(C)C2)c1S(N)(=O)=O. The minimum atomic E-state index is -3.96. The zero-order valence-electron chi connectivity index (χ0n) is 11.0. The van der Waals surface area contributed by atoms with Crippen molar-refractivity contribution in [3.8, 4) is 0 Å². The summed E-state index contributed by atoms with van der Waals surface area (Å²) < 4.78 is 23.1. The molecule has 1 saturated heterocycles. The number of piperidine rings is 1. The Morgan fingerprint density at radius 1 is 1.53 bits per heavy atom. The average molecular weight is 286 g/mol. The predicted molar refractivity (Wildman–Crippen MR) is 69.0 cm³/mol. The molecule has 8 heteroatoms. The van der Waals surface area contributed by atoms with Crippen molar-refractivity contribution in [2.24, 2.45) is 11.1 Å². The van der Waals surface area contributed by atoms with E-state index in [2.05, 4.69) is 17.1 Å². The summed E-state index contributed by atoms with van der Waals surface area (Å²) in [6.45, 7) is 4.84. The molecule has 0 aromatic carbocycles. The van der Waals surface area contributed by atoms with Crippen molar-refractivity contribution in [3.05, 3.63) is 11.4 Å². The Kier molecular flexibility index (Phi) is 3.64. The number of aromatic nitrogens is 2. The number of carbonyl (C=O) groups is 1. The van der Waals surface area contributed by atoms with Crippen LogP contribution in [0.2, 0.25) is 0 Å². The molecule has 0 bridgehead atoms. The van der Waals surface area contributed by atoms with E-state index in [9.17, 15) is 13.2 Å². The van der Waals surface area contributed by atoms with E-state index in [0.29, 0.717) is 19.0 Å². The van der Waals surface area contributed by atoms with Gasteiger partial charge in [-0.2, -0.15) is 5.10 Å². The zero-order chi connectivity index (χ0) is 14.2. The van der Waals surface area contributed by atoms with Crippen LogP contribution in [0.3, 0.4) is 0 Å². The highest BCUT2D eigenvalue weighted by Gasteiger charge is 2.30. The van der Waals surface area contributed by atoms with Crippen molar-refractivity contribution in [1.82, 2.24) is 15.1 Å². The van der Waals surface area contributed by atoms with Crippen molar-refractivity contribution in [3.63, 3.8) is 0 Å². The Balaban J connectivity index is 2.35. The molecule has 1 aromatic rings. The number of rotatable bonds is 2. The minimum absolute atomic E-state index is 0.103. The van der Waals surface area contributed by atoms with Crippen LogP contribution in [-0.2, 0) is 10.0 Å². The summed E-state index contributed by atoms with van der Waals surface area (Å²) in [5.74, 6) is 0.0376. The molecular formula is C11H18N4O3S. The Morgan fingerprint density at radius 2 is 2.21 bits per heavy atom. The normalized spacial score (nSPS) is 20.6. The fourth-order valence-electron chi connectivity index (χ4n) is 2.44. The van der Waals surface area contributed by atoms with Gasteiger partial charge in [-0.05, 0) is 25.7 Å². The van der Waals surface area contributed by atoms with E-state index in [-0.39, 0.29) is 22.2 Å². The van der Waals surface area contributed by atoms with E-state index in [1.165, 1.54) is 6.92 Å². The number of hydrogen-bond acceptors (Lipinski definition) is 4.